The van der Waals surface area contributed by atoms with E-state index < -0.39 is 18.2 Å². The van der Waals surface area contributed by atoms with Gasteiger partial charge in [-0.1, -0.05) is 62.5 Å². The van der Waals surface area contributed by atoms with Crippen LogP contribution in [0.4, 0.5) is 0 Å². The molecule has 0 aromatic rings. The lowest BCUT2D eigenvalue weighted by molar-refractivity contribution is -0.136. The van der Waals surface area contributed by atoms with E-state index in [0.717, 1.165) is 25.7 Å². The Balaban J connectivity index is 1.63. The topological polar surface area (TPSA) is 77.8 Å². The summed E-state index contributed by atoms with van der Waals surface area (Å²) in [6.07, 6.45) is 11.6. The summed E-state index contributed by atoms with van der Waals surface area (Å²) in [5, 5.41) is 29.9. The average molecular weight is 389 g/mol. The van der Waals surface area contributed by atoms with Crippen LogP contribution in [0.25, 0.3) is 0 Å². The molecule has 0 aromatic carbocycles. The summed E-state index contributed by atoms with van der Waals surface area (Å²) in [5.74, 6) is 7.30. The molecule has 0 heterocycles. The number of hydrogen-bond donors (Lipinski definition) is 3. The van der Waals surface area contributed by atoms with E-state index >= 15 is 0 Å². The summed E-state index contributed by atoms with van der Waals surface area (Å²) in [7, 11) is 0. The molecule has 0 amide bonds. The Morgan fingerprint density at radius 2 is 1.96 bits per heavy atom. The number of aliphatic carboxylic acids is 1. The smallest absolute Gasteiger partial charge is 0.303 e. The molecule has 6 atom stereocenters. The van der Waals surface area contributed by atoms with Gasteiger partial charge in [-0.05, 0) is 55.8 Å². The van der Waals surface area contributed by atoms with Crippen molar-refractivity contribution in [1.82, 2.24) is 0 Å². The van der Waals surface area contributed by atoms with Crippen LogP contribution in [0.2, 0.25) is 0 Å². The number of carbonyl (C=O) groups is 1. The van der Waals surface area contributed by atoms with E-state index in [1.165, 1.54) is 37.7 Å². The van der Waals surface area contributed by atoms with Crippen molar-refractivity contribution in [2.75, 3.05) is 0 Å². The molecule has 28 heavy (non-hydrogen) atoms. The molecule has 3 fully saturated rings. The first-order valence-corrected chi connectivity index (χ1v) is 11.3. The van der Waals surface area contributed by atoms with E-state index in [-0.39, 0.29) is 12.3 Å². The summed E-state index contributed by atoms with van der Waals surface area (Å²) in [4.78, 5) is 10.8. The maximum atomic E-state index is 10.8. The molecule has 3 aliphatic carbocycles. The lowest BCUT2D eigenvalue weighted by Gasteiger charge is -2.54. The van der Waals surface area contributed by atoms with Crippen molar-refractivity contribution in [3.63, 3.8) is 0 Å². The second kappa shape index (κ2) is 9.94. The first-order valence-electron chi connectivity index (χ1n) is 11.3. The van der Waals surface area contributed by atoms with Crippen LogP contribution < -0.4 is 0 Å². The number of fused-ring (bicyclic) bond motifs is 1. The molecule has 2 unspecified atom stereocenters. The minimum Gasteiger partial charge on any atom is -0.481 e. The zero-order valence-electron chi connectivity index (χ0n) is 17.1. The minimum absolute atomic E-state index is 0.0682. The number of hydrogen-bond acceptors (Lipinski definition) is 3. The molecule has 0 radical (unpaired) electrons. The first-order chi connectivity index (χ1) is 13.5. The molecular weight excluding hydrogens is 352 g/mol. The van der Waals surface area contributed by atoms with E-state index in [4.69, 9.17) is 5.11 Å². The van der Waals surface area contributed by atoms with Gasteiger partial charge in [-0.15, -0.1) is 0 Å². The Hall–Kier alpha value is -1.31. The van der Waals surface area contributed by atoms with Crippen LogP contribution in [0.5, 0.6) is 0 Å². The fraction of sp³-hybridized carbons (Fsp3) is 0.792. The highest BCUT2D eigenvalue weighted by Gasteiger charge is 2.52. The summed E-state index contributed by atoms with van der Waals surface area (Å²) in [5.41, 5.74) is 1.38. The first kappa shape index (κ1) is 21.4. The Morgan fingerprint density at radius 1 is 1.21 bits per heavy atom. The van der Waals surface area contributed by atoms with Crippen molar-refractivity contribution in [1.29, 1.82) is 0 Å². The van der Waals surface area contributed by atoms with Crippen molar-refractivity contribution < 1.29 is 20.1 Å². The standard InChI is InChI=1S/C24H36O4/c1-2-18-19(9-6-10-23(27)28)20-13-14-22(26)21(24(18)20)12-11-17(25)15-16-7-4-3-5-8-16/h9,16-18,20-22,24-26H,2-8,10,13-15H2,1H3,(H,27,28)/t17?,18?,20-,21+,22-,24+/m0/s1. The van der Waals surface area contributed by atoms with Crippen LogP contribution in [0.1, 0.15) is 77.6 Å². The third-order valence-electron chi connectivity index (χ3n) is 7.26. The zero-order chi connectivity index (χ0) is 20.1. The van der Waals surface area contributed by atoms with Gasteiger partial charge in [-0.2, -0.15) is 0 Å². The lowest BCUT2D eigenvalue weighted by atomic mass is 9.50. The second-order valence-corrected chi connectivity index (χ2v) is 9.05. The Labute approximate surface area is 169 Å². The van der Waals surface area contributed by atoms with Crippen LogP contribution >= 0.6 is 0 Å². The van der Waals surface area contributed by atoms with Crippen molar-refractivity contribution in [2.24, 2.45) is 29.6 Å². The van der Waals surface area contributed by atoms with Gasteiger partial charge in [0, 0.05) is 6.42 Å². The quantitative estimate of drug-likeness (QED) is 0.472. The minimum atomic E-state index is -0.754. The van der Waals surface area contributed by atoms with E-state index in [1.54, 1.807) is 0 Å². The number of aliphatic hydroxyl groups is 2. The maximum absolute atomic E-state index is 10.8. The molecule has 3 saturated carbocycles. The van der Waals surface area contributed by atoms with E-state index in [9.17, 15) is 15.0 Å². The lowest BCUT2D eigenvalue weighted by Crippen LogP contribution is -2.50. The van der Waals surface area contributed by atoms with Gasteiger partial charge in [0.05, 0.1) is 12.0 Å². The average Bonchev–Trinajstić information content (AvgIpc) is 2.66. The highest BCUT2D eigenvalue weighted by Crippen LogP contribution is 2.57. The van der Waals surface area contributed by atoms with Gasteiger partial charge < -0.3 is 15.3 Å². The SMILES string of the molecule is CCC1C(=CCCC(=O)O)[C@@H]2CC[C@H](O)[C@@H](C#CC(O)CC3CCCCC3)[C@H]12. The van der Waals surface area contributed by atoms with Gasteiger partial charge in [-0.25, -0.2) is 0 Å². The predicted molar refractivity (Wildman–Crippen MR) is 109 cm³/mol. The van der Waals surface area contributed by atoms with Gasteiger partial charge in [0.25, 0.3) is 0 Å². The molecule has 3 aliphatic rings. The Bertz CT molecular complexity index is 614. The van der Waals surface area contributed by atoms with E-state index in [0.29, 0.717) is 30.1 Å². The van der Waals surface area contributed by atoms with Crippen molar-refractivity contribution in [3.8, 4) is 11.8 Å². The van der Waals surface area contributed by atoms with Gasteiger partial charge in [0.15, 0.2) is 0 Å². The van der Waals surface area contributed by atoms with E-state index in [1.807, 2.05) is 0 Å². The molecule has 3 N–H and O–H groups in total. The number of carboxylic acids is 1. The van der Waals surface area contributed by atoms with Crippen molar-refractivity contribution in [3.05, 3.63) is 11.6 Å². The van der Waals surface area contributed by atoms with Crippen LogP contribution in [0.15, 0.2) is 11.6 Å². The number of rotatable bonds is 6. The number of carboxylic acid groups (broad SMARTS) is 1. The molecule has 4 heteroatoms. The zero-order valence-corrected chi connectivity index (χ0v) is 17.1. The summed E-state index contributed by atoms with van der Waals surface area (Å²) in [6.45, 7) is 2.16. The molecule has 3 rings (SSSR count). The number of allylic oxidation sites excluding steroid dienone is 2. The van der Waals surface area contributed by atoms with E-state index in [2.05, 4.69) is 24.8 Å². The molecule has 0 aromatic heterocycles. The summed E-state index contributed by atoms with van der Waals surface area (Å²) >= 11 is 0. The van der Waals surface area contributed by atoms with Gasteiger partial charge in [0.1, 0.15) is 6.10 Å². The summed E-state index contributed by atoms with van der Waals surface area (Å²) < 4.78 is 0. The normalized spacial score (nSPS) is 35.4. The second-order valence-electron chi connectivity index (χ2n) is 9.05. The third-order valence-corrected chi connectivity index (χ3v) is 7.26. The van der Waals surface area contributed by atoms with Crippen molar-refractivity contribution in [2.45, 2.75) is 89.8 Å². The molecule has 156 valence electrons. The fourth-order valence-corrected chi connectivity index (χ4v) is 5.88. The summed E-state index contributed by atoms with van der Waals surface area (Å²) in [6, 6.07) is 0. The Morgan fingerprint density at radius 3 is 2.64 bits per heavy atom. The van der Waals surface area contributed by atoms with Crippen LogP contribution in [0.3, 0.4) is 0 Å². The molecular formula is C24H36O4. The Kier molecular flexibility index (Phi) is 7.60. The van der Waals surface area contributed by atoms with Gasteiger partial charge >= 0.3 is 5.97 Å². The third kappa shape index (κ3) is 4.99. The monoisotopic (exact) mass is 388 g/mol. The highest BCUT2D eigenvalue weighted by atomic mass is 16.4. The predicted octanol–water partition coefficient (Wildman–Crippen LogP) is 4.16. The largest absolute Gasteiger partial charge is 0.481 e. The maximum Gasteiger partial charge on any atom is 0.303 e. The van der Waals surface area contributed by atoms with Gasteiger partial charge in [0.2, 0.25) is 0 Å². The van der Waals surface area contributed by atoms with Gasteiger partial charge in [-0.3, -0.25) is 4.79 Å². The molecule has 4 nitrogen and oxygen atoms in total. The molecule has 0 spiro atoms. The van der Waals surface area contributed by atoms with Crippen LogP contribution in [0, 0.1) is 41.4 Å². The molecule has 0 saturated heterocycles. The molecule has 0 bridgehead atoms. The number of aliphatic hydroxyl groups excluding tert-OH is 2. The van der Waals surface area contributed by atoms with Crippen LogP contribution in [-0.4, -0.2) is 33.5 Å². The van der Waals surface area contributed by atoms with Crippen molar-refractivity contribution >= 4 is 5.97 Å². The fourth-order valence-electron chi connectivity index (χ4n) is 5.88. The molecule has 0 aliphatic heterocycles. The van der Waals surface area contributed by atoms with Crippen LogP contribution in [-0.2, 0) is 4.79 Å². The highest BCUT2D eigenvalue weighted by molar-refractivity contribution is 5.66.